The lowest BCUT2D eigenvalue weighted by atomic mass is 9.96. The molecule has 0 atom stereocenters. The van der Waals surface area contributed by atoms with Crippen LogP contribution in [0.4, 0.5) is 0 Å². The Morgan fingerprint density at radius 1 is 1.17 bits per heavy atom. The fourth-order valence-electron chi connectivity index (χ4n) is 3.16. The molecule has 2 aromatic heterocycles. The van der Waals surface area contributed by atoms with Crippen molar-refractivity contribution >= 4 is 16.3 Å². The Bertz CT molecular complexity index is 838. The SMILES string of the molecule is Cc1cc(C)c(-c2nc3sc(CC(C)C)nn3c2CO)c(C)c1. The van der Waals surface area contributed by atoms with Gasteiger partial charge in [0.25, 0.3) is 0 Å². The number of aliphatic hydroxyl groups is 1. The van der Waals surface area contributed by atoms with Crippen LogP contribution in [0.5, 0.6) is 0 Å². The van der Waals surface area contributed by atoms with E-state index in [0.29, 0.717) is 5.92 Å². The van der Waals surface area contributed by atoms with Crippen molar-refractivity contribution in [3.05, 3.63) is 39.5 Å². The summed E-state index contributed by atoms with van der Waals surface area (Å²) >= 11 is 1.62. The van der Waals surface area contributed by atoms with Crippen LogP contribution in [0.2, 0.25) is 0 Å². The second-order valence-corrected chi connectivity index (χ2v) is 7.67. The van der Waals surface area contributed by atoms with E-state index in [9.17, 15) is 5.11 Å². The number of imidazole rings is 1. The highest BCUT2D eigenvalue weighted by molar-refractivity contribution is 7.16. The van der Waals surface area contributed by atoms with Gasteiger partial charge in [0.2, 0.25) is 4.96 Å². The zero-order valence-corrected chi connectivity index (χ0v) is 15.2. The fraction of sp³-hybridized carbons (Fsp3) is 0.444. The second-order valence-electron chi connectivity index (χ2n) is 6.63. The smallest absolute Gasteiger partial charge is 0.213 e. The second kappa shape index (κ2) is 6.06. The monoisotopic (exact) mass is 329 g/mol. The Morgan fingerprint density at radius 3 is 2.39 bits per heavy atom. The minimum atomic E-state index is -0.0614. The molecule has 0 saturated carbocycles. The highest BCUT2D eigenvalue weighted by Gasteiger charge is 2.20. The standard InChI is InChI=1S/C18H23N3OS/c1-10(2)6-15-20-21-14(9-22)17(19-18(21)23-15)16-12(4)7-11(3)8-13(16)5/h7-8,10,22H,6,9H2,1-5H3. The largest absolute Gasteiger partial charge is 0.390 e. The summed E-state index contributed by atoms with van der Waals surface area (Å²) in [6.07, 6.45) is 0.941. The van der Waals surface area contributed by atoms with Gasteiger partial charge in [0.1, 0.15) is 5.01 Å². The Labute approximate surface area is 140 Å². The number of benzene rings is 1. The summed E-state index contributed by atoms with van der Waals surface area (Å²) in [5, 5.41) is 15.6. The number of nitrogens with zero attached hydrogens (tertiary/aromatic N) is 3. The van der Waals surface area contributed by atoms with Gasteiger partial charge in [0.15, 0.2) is 0 Å². The summed E-state index contributed by atoms with van der Waals surface area (Å²) in [5.41, 5.74) is 6.37. The van der Waals surface area contributed by atoms with Crippen LogP contribution in [0.15, 0.2) is 12.1 Å². The Morgan fingerprint density at radius 2 is 1.83 bits per heavy atom. The van der Waals surface area contributed by atoms with Crippen LogP contribution in [0.1, 0.15) is 41.2 Å². The maximum atomic E-state index is 9.90. The molecule has 0 aliphatic rings. The van der Waals surface area contributed by atoms with Crippen LogP contribution in [0.25, 0.3) is 16.2 Å². The van der Waals surface area contributed by atoms with E-state index in [0.717, 1.165) is 33.3 Å². The number of hydrogen-bond donors (Lipinski definition) is 1. The molecular weight excluding hydrogens is 306 g/mol. The predicted molar refractivity (Wildman–Crippen MR) is 95.0 cm³/mol. The summed E-state index contributed by atoms with van der Waals surface area (Å²) in [6, 6.07) is 4.32. The zero-order chi connectivity index (χ0) is 16.7. The van der Waals surface area contributed by atoms with Crippen molar-refractivity contribution in [3.63, 3.8) is 0 Å². The number of aryl methyl sites for hydroxylation is 3. The summed E-state index contributed by atoms with van der Waals surface area (Å²) in [4.78, 5) is 5.65. The maximum absolute atomic E-state index is 9.90. The molecular formula is C18H23N3OS. The van der Waals surface area contributed by atoms with E-state index >= 15 is 0 Å². The fourth-order valence-corrected chi connectivity index (χ4v) is 4.28. The third-order valence-electron chi connectivity index (χ3n) is 3.98. The number of hydrogen-bond acceptors (Lipinski definition) is 4. The van der Waals surface area contributed by atoms with Crippen LogP contribution in [0.3, 0.4) is 0 Å². The van der Waals surface area contributed by atoms with Crippen molar-refractivity contribution in [2.45, 2.75) is 47.6 Å². The van der Waals surface area contributed by atoms with Gasteiger partial charge in [-0.05, 0) is 37.8 Å². The molecule has 0 unspecified atom stereocenters. The van der Waals surface area contributed by atoms with Crippen LogP contribution in [-0.4, -0.2) is 19.7 Å². The Kier molecular flexibility index (Phi) is 4.25. The molecule has 122 valence electrons. The number of fused-ring (bicyclic) bond motifs is 1. The van der Waals surface area contributed by atoms with Crippen molar-refractivity contribution in [2.24, 2.45) is 5.92 Å². The molecule has 1 N–H and O–H groups in total. The molecule has 0 bridgehead atoms. The van der Waals surface area contributed by atoms with E-state index in [1.165, 1.54) is 16.7 Å². The van der Waals surface area contributed by atoms with E-state index < -0.39 is 0 Å². The van der Waals surface area contributed by atoms with Crippen molar-refractivity contribution < 1.29 is 5.11 Å². The maximum Gasteiger partial charge on any atom is 0.213 e. The van der Waals surface area contributed by atoms with Gasteiger partial charge >= 0.3 is 0 Å². The lowest BCUT2D eigenvalue weighted by molar-refractivity contribution is 0.275. The molecule has 0 aliphatic heterocycles. The predicted octanol–water partition coefficient (Wildman–Crippen LogP) is 4.07. The molecule has 3 aromatic rings. The first kappa shape index (κ1) is 16.1. The molecule has 2 heterocycles. The number of aromatic nitrogens is 3. The molecule has 0 saturated heterocycles. The van der Waals surface area contributed by atoms with Crippen molar-refractivity contribution in [3.8, 4) is 11.3 Å². The van der Waals surface area contributed by atoms with Crippen molar-refractivity contribution in [1.29, 1.82) is 0 Å². The van der Waals surface area contributed by atoms with E-state index in [4.69, 9.17) is 4.98 Å². The van der Waals surface area contributed by atoms with Gasteiger partial charge in [0, 0.05) is 12.0 Å². The van der Waals surface area contributed by atoms with Gasteiger partial charge in [0.05, 0.1) is 18.0 Å². The molecule has 0 aliphatic carbocycles. The van der Waals surface area contributed by atoms with E-state index in [-0.39, 0.29) is 6.61 Å². The third-order valence-corrected chi connectivity index (χ3v) is 4.92. The summed E-state index contributed by atoms with van der Waals surface area (Å²) in [6.45, 7) is 10.6. The zero-order valence-electron chi connectivity index (χ0n) is 14.3. The Balaban J connectivity index is 2.17. The normalized spacial score (nSPS) is 11.8. The highest BCUT2D eigenvalue weighted by atomic mass is 32.1. The molecule has 3 rings (SSSR count). The molecule has 0 amide bonds. The molecule has 5 heteroatoms. The minimum absolute atomic E-state index is 0.0614. The first-order valence-corrected chi connectivity index (χ1v) is 8.78. The molecule has 0 fully saturated rings. The quantitative estimate of drug-likeness (QED) is 0.785. The van der Waals surface area contributed by atoms with Gasteiger partial charge in [-0.3, -0.25) is 0 Å². The average Bonchev–Trinajstić information content (AvgIpc) is 2.93. The molecule has 0 spiro atoms. The first-order chi connectivity index (χ1) is 10.9. The first-order valence-electron chi connectivity index (χ1n) is 7.97. The summed E-state index contributed by atoms with van der Waals surface area (Å²) < 4.78 is 1.82. The lowest BCUT2D eigenvalue weighted by Gasteiger charge is -2.10. The minimum Gasteiger partial charge on any atom is -0.390 e. The van der Waals surface area contributed by atoms with Crippen molar-refractivity contribution in [1.82, 2.24) is 14.6 Å². The van der Waals surface area contributed by atoms with Crippen LogP contribution >= 0.6 is 11.3 Å². The van der Waals surface area contributed by atoms with Crippen LogP contribution in [0, 0.1) is 26.7 Å². The molecule has 0 radical (unpaired) electrons. The van der Waals surface area contributed by atoms with Gasteiger partial charge in [-0.2, -0.15) is 5.10 Å². The molecule has 23 heavy (non-hydrogen) atoms. The van der Waals surface area contributed by atoms with Gasteiger partial charge in [-0.1, -0.05) is 42.9 Å². The van der Waals surface area contributed by atoms with Crippen LogP contribution < -0.4 is 0 Å². The summed E-state index contributed by atoms with van der Waals surface area (Å²) in [5.74, 6) is 0.560. The summed E-state index contributed by atoms with van der Waals surface area (Å²) in [7, 11) is 0. The van der Waals surface area contributed by atoms with E-state index in [1.807, 2.05) is 4.52 Å². The molecule has 1 aromatic carbocycles. The Hall–Kier alpha value is -1.72. The number of rotatable bonds is 4. The van der Waals surface area contributed by atoms with E-state index in [2.05, 4.69) is 51.9 Å². The van der Waals surface area contributed by atoms with Gasteiger partial charge in [-0.15, -0.1) is 0 Å². The van der Waals surface area contributed by atoms with Crippen molar-refractivity contribution in [2.75, 3.05) is 0 Å². The topological polar surface area (TPSA) is 50.4 Å². The van der Waals surface area contributed by atoms with Gasteiger partial charge in [-0.25, -0.2) is 9.50 Å². The lowest BCUT2D eigenvalue weighted by Crippen LogP contribution is -2.00. The average molecular weight is 329 g/mol. The van der Waals surface area contributed by atoms with E-state index in [1.54, 1.807) is 11.3 Å². The van der Waals surface area contributed by atoms with Crippen LogP contribution in [-0.2, 0) is 13.0 Å². The van der Waals surface area contributed by atoms with Gasteiger partial charge < -0.3 is 5.11 Å². The highest BCUT2D eigenvalue weighted by Crippen LogP contribution is 2.32. The number of aliphatic hydroxyl groups excluding tert-OH is 1. The molecule has 4 nitrogen and oxygen atoms in total. The third kappa shape index (κ3) is 2.91.